The van der Waals surface area contributed by atoms with E-state index in [1.165, 1.54) is 0 Å². The molecule has 0 aromatic rings. The second-order valence-electron chi connectivity index (χ2n) is 9.09. The van der Waals surface area contributed by atoms with E-state index in [2.05, 4.69) is 29.8 Å². The predicted octanol–water partition coefficient (Wildman–Crippen LogP) is -1.13. The maximum Gasteiger partial charge on any atom is 0.181 e. The number of aliphatic hydroxyl groups is 5. The molecule has 2 heterocycles. The van der Waals surface area contributed by atoms with Gasteiger partial charge in [-0.25, -0.2) is 0 Å². The van der Waals surface area contributed by atoms with Crippen molar-refractivity contribution in [3.8, 4) is 0 Å². The van der Waals surface area contributed by atoms with E-state index in [4.69, 9.17) is 18.9 Å². The summed E-state index contributed by atoms with van der Waals surface area (Å²) in [6.45, 7) is 7.53. The van der Waals surface area contributed by atoms with Crippen LogP contribution in [0.1, 0.15) is 39.5 Å². The lowest BCUT2D eigenvalue weighted by Crippen LogP contribution is -2.84. The molecule has 0 radical (unpaired) electrons. The fourth-order valence-electron chi connectivity index (χ4n) is 4.26. The molecule has 11 nitrogen and oxygen atoms in total. The van der Waals surface area contributed by atoms with Gasteiger partial charge in [0.1, 0.15) is 36.2 Å². The van der Waals surface area contributed by atoms with Gasteiger partial charge in [-0.05, 0) is 38.4 Å². The molecule has 2 rings (SSSR count). The lowest BCUT2D eigenvalue weighted by atomic mass is 9.78. The van der Waals surface area contributed by atoms with Crippen molar-refractivity contribution in [3.05, 3.63) is 12.3 Å². The van der Waals surface area contributed by atoms with Crippen LogP contribution in [-0.4, -0.2) is 119 Å². The minimum absolute atomic E-state index is 0.0418. The van der Waals surface area contributed by atoms with Crippen LogP contribution in [0.25, 0.3) is 0 Å². The quantitative estimate of drug-likeness (QED) is 0.0622. The van der Waals surface area contributed by atoms with Crippen LogP contribution < -0.4 is 10.6 Å². The standard InChI is InChI=1S/C23H44N2O9S/c1-4-23(22-19(25-23)21(30)20(29)16(11-26)34-22)32-13-17(15(3)28)33-18(12-27)31-9-6-8-24-14(2)7-5-10-35/h15-22,24-30,35H,2,4-13H2,1,3H3. The zero-order valence-corrected chi connectivity index (χ0v) is 21.6. The van der Waals surface area contributed by atoms with Crippen LogP contribution in [0.5, 0.6) is 0 Å². The highest BCUT2D eigenvalue weighted by molar-refractivity contribution is 7.80. The molecule has 35 heavy (non-hydrogen) atoms. The Hall–Kier alpha value is -0.510. The molecule has 0 saturated carbocycles. The van der Waals surface area contributed by atoms with Gasteiger partial charge in [0.25, 0.3) is 0 Å². The Morgan fingerprint density at radius 3 is 2.60 bits per heavy atom. The van der Waals surface area contributed by atoms with Gasteiger partial charge in [0.15, 0.2) is 6.29 Å². The van der Waals surface area contributed by atoms with Crippen molar-refractivity contribution < 1.29 is 44.5 Å². The van der Waals surface area contributed by atoms with Crippen molar-refractivity contribution >= 4 is 12.6 Å². The van der Waals surface area contributed by atoms with Crippen molar-refractivity contribution in [2.45, 2.75) is 94.2 Å². The number of ether oxygens (including phenoxy) is 4. The average molecular weight is 525 g/mol. The largest absolute Gasteiger partial charge is 0.394 e. The molecule has 0 aromatic carbocycles. The van der Waals surface area contributed by atoms with E-state index < -0.39 is 67.9 Å². The minimum atomic E-state index is -1.21. The number of allylic oxidation sites excluding steroid dienone is 1. The molecule has 2 aliphatic heterocycles. The molecule has 0 amide bonds. The molecule has 0 aliphatic carbocycles. The maximum atomic E-state index is 10.3. The normalized spacial score (nSPS) is 32.9. The molecule has 9 atom stereocenters. The molecule has 7 N–H and O–H groups in total. The van der Waals surface area contributed by atoms with Crippen molar-refractivity contribution in [1.29, 1.82) is 0 Å². The average Bonchev–Trinajstić information content (AvgIpc) is 2.83. The molecule has 0 aromatic heterocycles. The molecule has 206 valence electrons. The number of hydrogen-bond acceptors (Lipinski definition) is 12. The van der Waals surface area contributed by atoms with Gasteiger partial charge in [-0.3, -0.25) is 5.32 Å². The highest BCUT2D eigenvalue weighted by Gasteiger charge is 2.62. The maximum absolute atomic E-state index is 10.3. The summed E-state index contributed by atoms with van der Waals surface area (Å²) in [6.07, 6.45) is -3.53. The first kappa shape index (κ1) is 30.7. The van der Waals surface area contributed by atoms with Crippen LogP contribution in [0.4, 0.5) is 0 Å². The van der Waals surface area contributed by atoms with Crippen LogP contribution in [-0.2, 0) is 18.9 Å². The van der Waals surface area contributed by atoms with Gasteiger partial charge in [0.05, 0.1) is 38.6 Å². The molecule has 2 aliphatic rings. The summed E-state index contributed by atoms with van der Waals surface area (Å²) in [5, 5.41) is 56.1. The summed E-state index contributed by atoms with van der Waals surface area (Å²) >= 11 is 4.18. The molecule has 9 unspecified atom stereocenters. The van der Waals surface area contributed by atoms with Crippen molar-refractivity contribution in [2.24, 2.45) is 0 Å². The molecule has 12 heteroatoms. The fourth-order valence-corrected chi connectivity index (χ4v) is 4.42. The predicted molar refractivity (Wildman–Crippen MR) is 132 cm³/mol. The third-order valence-electron chi connectivity index (χ3n) is 6.48. The van der Waals surface area contributed by atoms with Gasteiger partial charge in [0.2, 0.25) is 0 Å². The Labute approximate surface area is 213 Å². The number of fused-ring (bicyclic) bond motifs is 1. The number of thiol groups is 1. The van der Waals surface area contributed by atoms with E-state index in [1.54, 1.807) is 6.92 Å². The van der Waals surface area contributed by atoms with Gasteiger partial charge in [-0.15, -0.1) is 0 Å². The van der Waals surface area contributed by atoms with Crippen LogP contribution in [0.2, 0.25) is 0 Å². The van der Waals surface area contributed by atoms with E-state index in [0.717, 1.165) is 24.3 Å². The summed E-state index contributed by atoms with van der Waals surface area (Å²) in [5.41, 5.74) is -0.0296. The Bertz CT molecular complexity index is 630. The first-order valence-electron chi connectivity index (χ1n) is 12.4. The summed E-state index contributed by atoms with van der Waals surface area (Å²) in [6, 6.07) is -0.546. The zero-order chi connectivity index (χ0) is 26.0. The molecular formula is C23H44N2O9S. The van der Waals surface area contributed by atoms with Gasteiger partial charge >= 0.3 is 0 Å². The lowest BCUT2D eigenvalue weighted by Gasteiger charge is -2.60. The number of aliphatic hydroxyl groups excluding tert-OH is 5. The second kappa shape index (κ2) is 15.0. The van der Waals surface area contributed by atoms with E-state index in [0.29, 0.717) is 26.0 Å². The number of rotatable bonds is 18. The molecule has 0 bridgehead atoms. The van der Waals surface area contributed by atoms with Crippen LogP contribution in [0, 0.1) is 0 Å². The first-order chi connectivity index (χ1) is 16.7. The third-order valence-corrected chi connectivity index (χ3v) is 6.79. The van der Waals surface area contributed by atoms with Crippen molar-refractivity contribution in [2.75, 3.05) is 38.7 Å². The Morgan fingerprint density at radius 2 is 2.00 bits per heavy atom. The smallest absolute Gasteiger partial charge is 0.181 e. The first-order valence-corrected chi connectivity index (χ1v) is 13.0. The summed E-state index contributed by atoms with van der Waals surface area (Å²) in [5.74, 6) is 0.811. The molecular weight excluding hydrogens is 480 g/mol. The van der Waals surface area contributed by atoms with Crippen LogP contribution in [0.3, 0.4) is 0 Å². The highest BCUT2D eigenvalue weighted by Crippen LogP contribution is 2.39. The Balaban J connectivity index is 1.82. The minimum Gasteiger partial charge on any atom is -0.394 e. The van der Waals surface area contributed by atoms with Gasteiger partial charge in [0, 0.05) is 12.2 Å². The summed E-state index contributed by atoms with van der Waals surface area (Å²) in [7, 11) is 0. The van der Waals surface area contributed by atoms with Gasteiger partial charge in [-0.2, -0.15) is 12.6 Å². The fraction of sp³-hybridized carbons (Fsp3) is 0.913. The summed E-state index contributed by atoms with van der Waals surface area (Å²) < 4.78 is 23.3. The molecule has 2 fully saturated rings. The number of nitrogens with one attached hydrogen (secondary N) is 2. The van der Waals surface area contributed by atoms with E-state index >= 15 is 0 Å². The van der Waals surface area contributed by atoms with E-state index in [-0.39, 0.29) is 6.61 Å². The van der Waals surface area contributed by atoms with Gasteiger partial charge < -0.3 is 49.8 Å². The van der Waals surface area contributed by atoms with Crippen molar-refractivity contribution in [3.63, 3.8) is 0 Å². The summed E-state index contributed by atoms with van der Waals surface area (Å²) in [4.78, 5) is 0. The second-order valence-corrected chi connectivity index (χ2v) is 9.54. The Morgan fingerprint density at radius 1 is 1.26 bits per heavy atom. The molecule has 2 saturated heterocycles. The van der Waals surface area contributed by atoms with Gasteiger partial charge in [-0.1, -0.05) is 13.5 Å². The SMILES string of the molecule is C=C(CCCS)NCCCOC(CO)OC(COC1(CC)NC2C(O)C(O)C(CO)OC21)C(C)O. The van der Waals surface area contributed by atoms with Crippen LogP contribution >= 0.6 is 12.6 Å². The zero-order valence-electron chi connectivity index (χ0n) is 20.7. The monoisotopic (exact) mass is 524 g/mol. The third kappa shape index (κ3) is 8.24. The molecule has 0 spiro atoms. The van der Waals surface area contributed by atoms with E-state index in [9.17, 15) is 25.5 Å². The lowest BCUT2D eigenvalue weighted by molar-refractivity contribution is -0.323. The van der Waals surface area contributed by atoms with Crippen LogP contribution in [0.15, 0.2) is 12.3 Å². The Kier molecular flexibility index (Phi) is 13.2. The van der Waals surface area contributed by atoms with E-state index in [1.807, 2.05) is 6.92 Å². The highest BCUT2D eigenvalue weighted by atomic mass is 32.1. The van der Waals surface area contributed by atoms with Crippen molar-refractivity contribution in [1.82, 2.24) is 10.6 Å². The topological polar surface area (TPSA) is 162 Å². The number of hydrogen-bond donors (Lipinski definition) is 8.